The molecule has 0 saturated heterocycles. The Morgan fingerprint density at radius 1 is 1.45 bits per heavy atom. The molecule has 0 fully saturated rings. The van der Waals surface area contributed by atoms with Crippen LogP contribution >= 0.6 is 0 Å². The number of nitrogens with one attached hydrogen (secondary N) is 2. The fourth-order valence-electron chi connectivity index (χ4n) is 1.75. The lowest BCUT2D eigenvalue weighted by Gasteiger charge is -2.12. The molecule has 106 valence electrons. The summed E-state index contributed by atoms with van der Waals surface area (Å²) in [6.45, 7) is 1.81. The first-order chi connectivity index (χ1) is 9.56. The first-order valence-corrected chi connectivity index (χ1v) is 6.10. The normalized spacial score (nSPS) is 12.4. The van der Waals surface area contributed by atoms with E-state index in [1.54, 1.807) is 6.20 Å². The van der Waals surface area contributed by atoms with Gasteiger partial charge in [-0.2, -0.15) is 5.10 Å². The quantitative estimate of drug-likeness (QED) is 0.881. The monoisotopic (exact) mass is 280 g/mol. The van der Waals surface area contributed by atoms with E-state index in [4.69, 9.17) is 0 Å². The van der Waals surface area contributed by atoms with E-state index in [2.05, 4.69) is 20.5 Å². The third-order valence-corrected chi connectivity index (χ3v) is 2.68. The lowest BCUT2D eigenvalue weighted by molar-refractivity contribution is 0.0935. The number of aromatic nitrogens is 3. The number of alkyl halides is 2. The molecule has 20 heavy (non-hydrogen) atoms. The van der Waals surface area contributed by atoms with Crippen LogP contribution in [-0.4, -0.2) is 27.1 Å². The smallest absolute Gasteiger partial charge is 0.279 e. The van der Waals surface area contributed by atoms with Gasteiger partial charge in [-0.3, -0.25) is 14.9 Å². The summed E-state index contributed by atoms with van der Waals surface area (Å²) in [7, 11) is 0. The van der Waals surface area contributed by atoms with Gasteiger partial charge in [0.1, 0.15) is 11.4 Å². The average molecular weight is 280 g/mol. The van der Waals surface area contributed by atoms with E-state index >= 15 is 0 Å². The number of rotatable bonds is 5. The SMILES string of the molecule is C[C@H](Cc1ccccn1)NC(=O)c1cc(C(F)F)[nH]n1. The topological polar surface area (TPSA) is 70.7 Å². The van der Waals surface area contributed by atoms with E-state index in [-0.39, 0.29) is 17.4 Å². The number of hydrogen-bond acceptors (Lipinski definition) is 3. The zero-order valence-corrected chi connectivity index (χ0v) is 10.8. The molecule has 2 heterocycles. The van der Waals surface area contributed by atoms with Crippen molar-refractivity contribution in [2.24, 2.45) is 0 Å². The van der Waals surface area contributed by atoms with Gasteiger partial charge in [-0.25, -0.2) is 8.78 Å². The molecule has 0 bridgehead atoms. The molecule has 7 heteroatoms. The fraction of sp³-hybridized carbons (Fsp3) is 0.308. The van der Waals surface area contributed by atoms with Crippen molar-refractivity contribution in [3.8, 4) is 0 Å². The summed E-state index contributed by atoms with van der Waals surface area (Å²) in [5, 5.41) is 8.39. The van der Waals surface area contributed by atoms with Crippen molar-refractivity contribution in [1.82, 2.24) is 20.5 Å². The summed E-state index contributed by atoms with van der Waals surface area (Å²) in [5.74, 6) is -0.489. The summed E-state index contributed by atoms with van der Waals surface area (Å²) < 4.78 is 24.8. The number of halogens is 2. The molecule has 2 aromatic rings. The van der Waals surface area contributed by atoms with Gasteiger partial charge in [-0.05, 0) is 25.1 Å². The molecule has 1 atom stereocenters. The van der Waals surface area contributed by atoms with Gasteiger partial charge in [0.2, 0.25) is 0 Å². The Hall–Kier alpha value is -2.31. The van der Waals surface area contributed by atoms with Crippen LogP contribution in [0.1, 0.15) is 35.2 Å². The van der Waals surface area contributed by atoms with E-state index in [0.29, 0.717) is 6.42 Å². The molecular weight excluding hydrogens is 266 g/mol. The highest BCUT2D eigenvalue weighted by Crippen LogP contribution is 2.16. The molecule has 0 spiro atoms. The van der Waals surface area contributed by atoms with Gasteiger partial charge in [0, 0.05) is 24.4 Å². The number of aromatic amines is 1. The van der Waals surface area contributed by atoms with Crippen LogP contribution in [-0.2, 0) is 6.42 Å². The summed E-state index contributed by atoms with van der Waals surface area (Å²) in [6.07, 6.45) is -0.444. The Bertz CT molecular complexity index is 571. The number of H-pyrrole nitrogens is 1. The molecule has 2 rings (SSSR count). The summed E-state index contributed by atoms with van der Waals surface area (Å²) >= 11 is 0. The van der Waals surface area contributed by atoms with Gasteiger partial charge in [0.25, 0.3) is 12.3 Å². The highest BCUT2D eigenvalue weighted by atomic mass is 19.3. The van der Waals surface area contributed by atoms with Crippen molar-refractivity contribution in [3.63, 3.8) is 0 Å². The van der Waals surface area contributed by atoms with E-state index in [0.717, 1.165) is 11.8 Å². The standard InChI is InChI=1S/C13H14F2N4O/c1-8(6-9-4-2-3-5-16-9)17-13(20)11-7-10(12(14)15)18-19-11/h2-5,7-8,12H,6H2,1H3,(H,17,20)(H,18,19)/t8-/m1/s1. The maximum Gasteiger partial charge on any atom is 0.279 e. The number of nitrogens with zero attached hydrogens (tertiary/aromatic N) is 2. The predicted molar refractivity (Wildman–Crippen MR) is 68.4 cm³/mol. The first kappa shape index (κ1) is 14.1. The zero-order chi connectivity index (χ0) is 14.5. The van der Waals surface area contributed by atoms with Gasteiger partial charge in [0.15, 0.2) is 0 Å². The number of hydrogen-bond donors (Lipinski definition) is 2. The van der Waals surface area contributed by atoms with Gasteiger partial charge in [-0.15, -0.1) is 0 Å². The first-order valence-electron chi connectivity index (χ1n) is 6.10. The number of carbonyl (C=O) groups is 1. The van der Waals surface area contributed by atoms with E-state index < -0.39 is 12.3 Å². The van der Waals surface area contributed by atoms with Gasteiger partial charge in [-0.1, -0.05) is 6.07 Å². The van der Waals surface area contributed by atoms with Crippen molar-refractivity contribution in [2.45, 2.75) is 25.8 Å². The second-order valence-corrected chi connectivity index (χ2v) is 4.41. The van der Waals surface area contributed by atoms with Crippen LogP contribution in [0.25, 0.3) is 0 Å². The number of carbonyl (C=O) groups excluding carboxylic acids is 1. The fourth-order valence-corrected chi connectivity index (χ4v) is 1.75. The third-order valence-electron chi connectivity index (χ3n) is 2.68. The van der Waals surface area contributed by atoms with Crippen LogP contribution in [0.4, 0.5) is 8.78 Å². The number of pyridine rings is 1. The van der Waals surface area contributed by atoms with Crippen molar-refractivity contribution in [3.05, 3.63) is 47.5 Å². The zero-order valence-electron chi connectivity index (χ0n) is 10.8. The van der Waals surface area contributed by atoms with E-state index in [9.17, 15) is 13.6 Å². The molecule has 5 nitrogen and oxygen atoms in total. The Morgan fingerprint density at radius 3 is 2.85 bits per heavy atom. The molecule has 0 aliphatic heterocycles. The molecule has 0 unspecified atom stereocenters. The Morgan fingerprint density at radius 2 is 2.25 bits per heavy atom. The number of amides is 1. The van der Waals surface area contributed by atoms with Gasteiger partial charge in [0.05, 0.1) is 0 Å². The maximum atomic E-state index is 12.4. The van der Waals surface area contributed by atoms with E-state index in [1.165, 1.54) is 0 Å². The molecule has 0 saturated carbocycles. The van der Waals surface area contributed by atoms with Crippen LogP contribution in [0.2, 0.25) is 0 Å². The van der Waals surface area contributed by atoms with E-state index in [1.807, 2.05) is 25.1 Å². The molecule has 2 aromatic heterocycles. The van der Waals surface area contributed by atoms with Crippen LogP contribution in [0, 0.1) is 0 Å². The highest BCUT2D eigenvalue weighted by Gasteiger charge is 2.17. The van der Waals surface area contributed by atoms with Gasteiger partial charge >= 0.3 is 0 Å². The molecule has 1 amide bonds. The molecular formula is C13H14F2N4O. The lowest BCUT2D eigenvalue weighted by Crippen LogP contribution is -2.34. The summed E-state index contributed by atoms with van der Waals surface area (Å²) in [5.41, 5.74) is 0.427. The molecule has 2 N–H and O–H groups in total. The minimum Gasteiger partial charge on any atom is -0.348 e. The second-order valence-electron chi connectivity index (χ2n) is 4.41. The third kappa shape index (κ3) is 3.59. The van der Waals surface area contributed by atoms with Crippen LogP contribution in [0.3, 0.4) is 0 Å². The predicted octanol–water partition coefficient (Wildman–Crippen LogP) is 2.10. The Kier molecular flexibility index (Phi) is 4.39. The minimum atomic E-state index is -2.67. The second kappa shape index (κ2) is 6.23. The lowest BCUT2D eigenvalue weighted by atomic mass is 10.1. The summed E-state index contributed by atoms with van der Waals surface area (Å²) in [4.78, 5) is 16.0. The maximum absolute atomic E-state index is 12.4. The van der Waals surface area contributed by atoms with Crippen molar-refractivity contribution in [1.29, 1.82) is 0 Å². The molecule has 0 aliphatic carbocycles. The van der Waals surface area contributed by atoms with Crippen LogP contribution < -0.4 is 5.32 Å². The molecule has 0 aromatic carbocycles. The van der Waals surface area contributed by atoms with Crippen molar-refractivity contribution >= 4 is 5.91 Å². The average Bonchev–Trinajstić information content (AvgIpc) is 2.89. The van der Waals surface area contributed by atoms with Crippen molar-refractivity contribution in [2.75, 3.05) is 0 Å². The minimum absolute atomic E-state index is 0.0480. The summed E-state index contributed by atoms with van der Waals surface area (Å²) in [6, 6.07) is 6.39. The van der Waals surface area contributed by atoms with Crippen molar-refractivity contribution < 1.29 is 13.6 Å². The van der Waals surface area contributed by atoms with Gasteiger partial charge < -0.3 is 5.32 Å². The molecule has 0 aliphatic rings. The highest BCUT2D eigenvalue weighted by molar-refractivity contribution is 5.92. The Labute approximate surface area is 114 Å². The molecule has 0 radical (unpaired) electrons. The largest absolute Gasteiger partial charge is 0.348 e. The Balaban J connectivity index is 1.93. The van der Waals surface area contributed by atoms with Crippen LogP contribution in [0.5, 0.6) is 0 Å². The van der Waals surface area contributed by atoms with Crippen LogP contribution in [0.15, 0.2) is 30.5 Å².